The topological polar surface area (TPSA) is 51.4 Å². The van der Waals surface area contributed by atoms with Gasteiger partial charge in [0.1, 0.15) is 5.82 Å². The molecule has 0 saturated carbocycles. The van der Waals surface area contributed by atoms with Gasteiger partial charge >= 0.3 is 0 Å². The molecule has 1 saturated heterocycles. The first-order valence-corrected chi connectivity index (χ1v) is 7.01. The largest absolute Gasteiger partial charge is 0.476 e. The van der Waals surface area contributed by atoms with E-state index in [0.717, 1.165) is 24.7 Å². The van der Waals surface area contributed by atoms with Gasteiger partial charge in [0.05, 0.1) is 12.3 Å². The predicted molar refractivity (Wildman–Crippen MR) is 74.0 cm³/mol. The quantitative estimate of drug-likeness (QED) is 0.893. The molecule has 1 aliphatic rings. The lowest BCUT2D eigenvalue weighted by atomic mass is 10.3. The van der Waals surface area contributed by atoms with Crippen molar-refractivity contribution in [2.24, 2.45) is 0 Å². The summed E-state index contributed by atoms with van der Waals surface area (Å²) < 4.78 is 5.43. The number of nitrogens with zero attached hydrogens (tertiary/aromatic N) is 2. The van der Waals surface area contributed by atoms with Gasteiger partial charge in [0.25, 0.3) is 0 Å². The van der Waals surface area contributed by atoms with Crippen LogP contribution in [0.3, 0.4) is 0 Å². The van der Waals surface area contributed by atoms with Crippen LogP contribution in [-0.4, -0.2) is 35.7 Å². The summed E-state index contributed by atoms with van der Waals surface area (Å²) in [6.45, 7) is 6.85. The minimum absolute atomic E-state index is 0.552. The molecule has 1 aromatic heterocycles. The Morgan fingerprint density at radius 3 is 3.12 bits per heavy atom. The number of thioether (sulfide) groups is 1. The van der Waals surface area contributed by atoms with E-state index in [1.807, 2.05) is 30.8 Å². The van der Waals surface area contributed by atoms with Crippen LogP contribution < -0.4 is 15.4 Å². The first kappa shape index (κ1) is 12.4. The lowest BCUT2D eigenvalue weighted by Gasteiger charge is -2.31. The second-order valence-corrected chi connectivity index (χ2v) is 5.67. The fourth-order valence-electron chi connectivity index (χ4n) is 1.90. The summed E-state index contributed by atoms with van der Waals surface area (Å²) in [5.41, 5.74) is 6.43. The van der Waals surface area contributed by atoms with E-state index in [1.165, 1.54) is 0 Å². The number of ether oxygens (including phenoxy) is 1. The third-order valence-electron chi connectivity index (χ3n) is 2.72. The number of nitrogen functional groups attached to an aromatic ring is 1. The number of hydrogen-bond donors (Lipinski definition) is 1. The third kappa shape index (κ3) is 2.97. The Balaban J connectivity index is 2.17. The molecule has 0 spiro atoms. The van der Waals surface area contributed by atoms with Crippen LogP contribution in [0.1, 0.15) is 13.8 Å². The Labute approximate surface area is 107 Å². The average Bonchev–Trinajstić information content (AvgIpc) is 2.32. The Bertz CT molecular complexity index is 386. The molecule has 2 heterocycles. The molecule has 1 aromatic rings. The molecule has 1 unspecified atom stereocenters. The molecule has 94 valence electrons. The van der Waals surface area contributed by atoms with Crippen molar-refractivity contribution >= 4 is 23.3 Å². The van der Waals surface area contributed by atoms with Gasteiger partial charge in [-0.2, -0.15) is 16.7 Å². The molecular formula is C12H19N3OS. The van der Waals surface area contributed by atoms with Gasteiger partial charge in [0.15, 0.2) is 0 Å². The molecule has 1 atom stereocenters. The smallest absolute Gasteiger partial charge is 0.239 e. The minimum atomic E-state index is 0.552. The summed E-state index contributed by atoms with van der Waals surface area (Å²) in [6.07, 6.45) is 0. The van der Waals surface area contributed by atoms with E-state index >= 15 is 0 Å². The predicted octanol–water partition coefficient (Wildman–Crippen LogP) is 2.00. The number of hydrogen-bond acceptors (Lipinski definition) is 5. The van der Waals surface area contributed by atoms with E-state index in [9.17, 15) is 0 Å². The zero-order valence-corrected chi connectivity index (χ0v) is 11.2. The first-order valence-electron chi connectivity index (χ1n) is 5.96. The second kappa shape index (κ2) is 5.49. The van der Waals surface area contributed by atoms with Gasteiger partial charge in [-0.15, -0.1) is 0 Å². The molecule has 0 bridgehead atoms. The Morgan fingerprint density at radius 2 is 2.41 bits per heavy atom. The molecule has 0 amide bonds. The lowest BCUT2D eigenvalue weighted by Crippen LogP contribution is -2.37. The molecule has 2 N–H and O–H groups in total. The van der Waals surface area contributed by atoms with E-state index in [4.69, 9.17) is 10.5 Å². The molecule has 17 heavy (non-hydrogen) atoms. The van der Waals surface area contributed by atoms with Crippen LogP contribution in [0.5, 0.6) is 5.88 Å². The summed E-state index contributed by atoms with van der Waals surface area (Å²) in [4.78, 5) is 6.78. The van der Waals surface area contributed by atoms with Crippen molar-refractivity contribution in [2.45, 2.75) is 19.1 Å². The van der Waals surface area contributed by atoms with Crippen molar-refractivity contribution in [3.8, 4) is 5.88 Å². The van der Waals surface area contributed by atoms with Crippen molar-refractivity contribution in [1.82, 2.24) is 4.98 Å². The van der Waals surface area contributed by atoms with Crippen molar-refractivity contribution in [2.75, 3.05) is 36.1 Å². The Hall–Kier alpha value is -1.10. The maximum atomic E-state index is 5.82. The zero-order valence-electron chi connectivity index (χ0n) is 10.3. The number of pyridine rings is 1. The van der Waals surface area contributed by atoms with Crippen LogP contribution >= 0.6 is 11.8 Å². The summed E-state index contributed by atoms with van der Waals surface area (Å²) in [7, 11) is 0. The van der Waals surface area contributed by atoms with Gasteiger partial charge in [-0.05, 0) is 19.1 Å². The fraction of sp³-hybridized carbons (Fsp3) is 0.583. The highest BCUT2D eigenvalue weighted by molar-refractivity contribution is 8.00. The lowest BCUT2D eigenvalue weighted by molar-refractivity contribution is 0.329. The van der Waals surface area contributed by atoms with Crippen LogP contribution in [0.25, 0.3) is 0 Å². The van der Waals surface area contributed by atoms with Crippen LogP contribution in [0, 0.1) is 0 Å². The van der Waals surface area contributed by atoms with Gasteiger partial charge < -0.3 is 15.4 Å². The molecule has 0 radical (unpaired) electrons. The SMILES string of the molecule is CCOc1nc(N2CCSC(C)C2)ccc1N. The molecule has 4 nitrogen and oxygen atoms in total. The number of aromatic nitrogens is 1. The van der Waals surface area contributed by atoms with Crippen LogP contribution in [0.15, 0.2) is 12.1 Å². The van der Waals surface area contributed by atoms with Gasteiger partial charge in [-0.1, -0.05) is 6.92 Å². The molecule has 1 fully saturated rings. The van der Waals surface area contributed by atoms with Crippen molar-refractivity contribution in [1.29, 1.82) is 0 Å². The highest BCUT2D eigenvalue weighted by atomic mass is 32.2. The van der Waals surface area contributed by atoms with E-state index in [1.54, 1.807) is 0 Å². The maximum Gasteiger partial charge on any atom is 0.239 e. The summed E-state index contributed by atoms with van der Waals surface area (Å²) in [5, 5.41) is 0.652. The van der Waals surface area contributed by atoms with Gasteiger partial charge in [0.2, 0.25) is 5.88 Å². The van der Waals surface area contributed by atoms with Gasteiger partial charge in [-0.3, -0.25) is 0 Å². The molecule has 2 rings (SSSR count). The first-order chi connectivity index (χ1) is 8.20. The van der Waals surface area contributed by atoms with E-state index < -0.39 is 0 Å². The average molecular weight is 253 g/mol. The highest BCUT2D eigenvalue weighted by Gasteiger charge is 2.18. The van der Waals surface area contributed by atoms with Crippen molar-refractivity contribution in [3.05, 3.63) is 12.1 Å². The van der Waals surface area contributed by atoms with E-state index in [2.05, 4.69) is 16.8 Å². The number of anilines is 2. The van der Waals surface area contributed by atoms with E-state index in [-0.39, 0.29) is 0 Å². The standard InChI is InChI=1S/C12H19N3OS/c1-3-16-12-10(13)4-5-11(14-12)15-6-7-17-9(2)8-15/h4-5,9H,3,6-8,13H2,1-2H3. The molecule has 0 aromatic carbocycles. The summed E-state index contributed by atoms with van der Waals surface area (Å²) >= 11 is 2.01. The number of nitrogens with two attached hydrogens (primary N) is 1. The number of rotatable bonds is 3. The zero-order chi connectivity index (χ0) is 12.3. The monoisotopic (exact) mass is 253 g/mol. The summed E-state index contributed by atoms with van der Waals surface area (Å²) in [5.74, 6) is 2.67. The maximum absolute atomic E-state index is 5.82. The molecule has 1 aliphatic heterocycles. The van der Waals surface area contributed by atoms with Crippen LogP contribution in [0.2, 0.25) is 0 Å². The van der Waals surface area contributed by atoms with Crippen LogP contribution in [0.4, 0.5) is 11.5 Å². The molecular weight excluding hydrogens is 234 g/mol. The third-order valence-corrected chi connectivity index (χ3v) is 3.86. The van der Waals surface area contributed by atoms with Crippen molar-refractivity contribution in [3.63, 3.8) is 0 Å². The van der Waals surface area contributed by atoms with Crippen molar-refractivity contribution < 1.29 is 4.74 Å². The Morgan fingerprint density at radius 1 is 1.59 bits per heavy atom. The fourth-order valence-corrected chi connectivity index (χ4v) is 2.91. The van der Waals surface area contributed by atoms with Crippen LogP contribution in [-0.2, 0) is 0 Å². The van der Waals surface area contributed by atoms with Gasteiger partial charge in [0, 0.05) is 24.1 Å². The normalized spacial score (nSPS) is 20.4. The minimum Gasteiger partial charge on any atom is -0.476 e. The van der Waals surface area contributed by atoms with Gasteiger partial charge in [-0.25, -0.2) is 0 Å². The highest BCUT2D eigenvalue weighted by Crippen LogP contribution is 2.26. The van der Waals surface area contributed by atoms with E-state index in [0.29, 0.717) is 23.4 Å². The Kier molecular flexibility index (Phi) is 3.99. The molecule has 0 aliphatic carbocycles. The summed E-state index contributed by atoms with van der Waals surface area (Å²) in [6, 6.07) is 3.85. The molecule has 5 heteroatoms. The second-order valence-electron chi connectivity index (χ2n) is 4.12.